The second-order valence-corrected chi connectivity index (χ2v) is 9.63. The van der Waals surface area contributed by atoms with Crippen molar-refractivity contribution < 1.29 is 18.8 Å². The predicted octanol–water partition coefficient (Wildman–Crippen LogP) is 4.66. The van der Waals surface area contributed by atoms with Crippen molar-refractivity contribution in [1.29, 1.82) is 0 Å². The second kappa shape index (κ2) is 8.28. The molecule has 5 rings (SSSR count). The van der Waals surface area contributed by atoms with Crippen molar-refractivity contribution in [2.24, 2.45) is 5.41 Å². The van der Waals surface area contributed by atoms with Gasteiger partial charge in [0.2, 0.25) is 0 Å². The van der Waals surface area contributed by atoms with Crippen LogP contribution in [0.25, 0.3) is 11.1 Å². The largest absolute Gasteiger partial charge is 0.336 e. The minimum absolute atomic E-state index is 0.0816. The molecular weight excluding hydrogens is 431 g/mol. The zero-order valence-corrected chi connectivity index (χ0v) is 19.2. The van der Waals surface area contributed by atoms with Crippen molar-refractivity contribution in [3.8, 4) is 11.1 Å². The van der Waals surface area contributed by atoms with Crippen LogP contribution in [0.15, 0.2) is 60.8 Å². The third kappa shape index (κ3) is 3.83. The number of hydrogen-bond acceptors (Lipinski definition) is 4. The Balaban J connectivity index is 1.34. The Morgan fingerprint density at radius 1 is 0.941 bits per heavy atom. The number of Topliss-reactive ketones (excluding diaryl/α,β-unsaturated/α-hetero) is 2. The molecule has 1 saturated heterocycles. The van der Waals surface area contributed by atoms with E-state index in [0.717, 1.165) is 27.8 Å². The number of hydrogen-bond donors (Lipinski definition) is 0. The Labute approximate surface area is 197 Å². The Morgan fingerprint density at radius 2 is 1.56 bits per heavy atom. The summed E-state index contributed by atoms with van der Waals surface area (Å²) < 4.78 is 13.3. The van der Waals surface area contributed by atoms with E-state index in [1.54, 1.807) is 41.4 Å². The number of benzene rings is 2. The number of amides is 1. The van der Waals surface area contributed by atoms with E-state index in [1.165, 1.54) is 12.1 Å². The molecule has 34 heavy (non-hydrogen) atoms. The molecule has 0 unspecified atom stereocenters. The molecule has 1 amide bonds. The maximum atomic E-state index is 13.3. The summed E-state index contributed by atoms with van der Waals surface area (Å²) in [6.07, 6.45) is 2.15. The lowest BCUT2D eigenvalue weighted by molar-refractivity contribution is -0.141. The molecule has 5 nitrogen and oxygen atoms in total. The highest BCUT2D eigenvalue weighted by Crippen LogP contribution is 2.46. The summed E-state index contributed by atoms with van der Waals surface area (Å²) in [5.41, 5.74) is 4.24. The third-order valence-corrected chi connectivity index (χ3v) is 7.03. The molecule has 1 aromatic heterocycles. The van der Waals surface area contributed by atoms with Gasteiger partial charge in [-0.1, -0.05) is 30.3 Å². The van der Waals surface area contributed by atoms with Gasteiger partial charge in [0.15, 0.2) is 0 Å². The van der Waals surface area contributed by atoms with Crippen LogP contribution in [0.1, 0.15) is 45.9 Å². The fourth-order valence-corrected chi connectivity index (χ4v) is 5.53. The SMILES string of the molecule is Cc1cc(-c2ccc(F)cc2)cc(C)c1C1C(=O)CC2(CC1=O)CN(C(=O)c1ccccn1)C2. The molecule has 1 aliphatic carbocycles. The molecule has 1 spiro atoms. The van der Waals surface area contributed by atoms with Crippen molar-refractivity contribution in [2.45, 2.75) is 32.6 Å². The van der Waals surface area contributed by atoms with Crippen LogP contribution in [0.4, 0.5) is 4.39 Å². The fraction of sp³-hybridized carbons (Fsp3) is 0.286. The molecule has 6 heteroatoms. The van der Waals surface area contributed by atoms with Crippen LogP contribution in [0, 0.1) is 25.1 Å². The van der Waals surface area contributed by atoms with E-state index in [0.29, 0.717) is 18.8 Å². The summed E-state index contributed by atoms with van der Waals surface area (Å²) in [7, 11) is 0. The molecule has 0 N–H and O–H groups in total. The molecule has 0 radical (unpaired) electrons. The first-order valence-corrected chi connectivity index (χ1v) is 11.4. The number of aryl methyl sites for hydroxylation is 2. The number of ketones is 2. The summed E-state index contributed by atoms with van der Waals surface area (Å²) >= 11 is 0. The van der Waals surface area contributed by atoms with Gasteiger partial charge in [0.25, 0.3) is 5.91 Å². The van der Waals surface area contributed by atoms with Gasteiger partial charge >= 0.3 is 0 Å². The van der Waals surface area contributed by atoms with Gasteiger partial charge < -0.3 is 4.90 Å². The Kier molecular flexibility index (Phi) is 5.39. The van der Waals surface area contributed by atoms with Gasteiger partial charge in [-0.05, 0) is 65.9 Å². The van der Waals surface area contributed by atoms with E-state index in [-0.39, 0.29) is 36.1 Å². The number of likely N-dealkylation sites (tertiary alicyclic amines) is 1. The molecule has 172 valence electrons. The average Bonchev–Trinajstić information content (AvgIpc) is 2.79. The van der Waals surface area contributed by atoms with Gasteiger partial charge in [-0.2, -0.15) is 0 Å². The van der Waals surface area contributed by atoms with Gasteiger partial charge in [0.1, 0.15) is 29.0 Å². The van der Waals surface area contributed by atoms with Crippen LogP contribution in [0.5, 0.6) is 0 Å². The zero-order valence-electron chi connectivity index (χ0n) is 19.2. The fourth-order valence-electron chi connectivity index (χ4n) is 5.53. The summed E-state index contributed by atoms with van der Waals surface area (Å²) in [4.78, 5) is 45.0. The van der Waals surface area contributed by atoms with Crippen molar-refractivity contribution in [3.63, 3.8) is 0 Å². The topological polar surface area (TPSA) is 67.3 Å². The highest BCUT2D eigenvalue weighted by Gasteiger charge is 2.53. The normalized spacial score (nSPS) is 17.7. The standard InChI is InChI=1S/C28H25FN2O3/c1-17-11-20(19-6-8-21(29)9-7-19)12-18(2)25(17)26-23(32)13-28(14-24(26)33)15-31(16-28)27(34)22-5-3-4-10-30-22/h3-12,26H,13-16H2,1-2H3. The molecule has 0 atom stereocenters. The molecule has 2 aromatic carbocycles. The molecule has 2 heterocycles. The van der Waals surface area contributed by atoms with Gasteiger partial charge in [0, 0.05) is 37.5 Å². The summed E-state index contributed by atoms with van der Waals surface area (Å²) in [5.74, 6) is -1.40. The van der Waals surface area contributed by atoms with E-state index in [2.05, 4.69) is 4.98 Å². The lowest BCUT2D eigenvalue weighted by atomic mass is 9.63. The molecule has 2 aliphatic rings. The highest BCUT2D eigenvalue weighted by atomic mass is 19.1. The molecule has 1 aliphatic heterocycles. The summed E-state index contributed by atoms with van der Waals surface area (Å²) in [6, 6.07) is 15.4. The number of pyridine rings is 1. The molecule has 3 aromatic rings. The van der Waals surface area contributed by atoms with Gasteiger partial charge in [-0.3, -0.25) is 19.4 Å². The van der Waals surface area contributed by atoms with E-state index in [4.69, 9.17) is 0 Å². The van der Waals surface area contributed by atoms with Gasteiger partial charge in [-0.15, -0.1) is 0 Å². The molecule has 0 bridgehead atoms. The highest BCUT2D eigenvalue weighted by molar-refractivity contribution is 6.11. The van der Waals surface area contributed by atoms with Crippen LogP contribution in [0.2, 0.25) is 0 Å². The smallest absolute Gasteiger partial charge is 0.272 e. The number of carbonyl (C=O) groups is 3. The van der Waals surface area contributed by atoms with E-state index in [9.17, 15) is 18.8 Å². The zero-order chi connectivity index (χ0) is 24.0. The molecule has 1 saturated carbocycles. The van der Waals surface area contributed by atoms with Crippen LogP contribution < -0.4 is 0 Å². The lowest BCUT2D eigenvalue weighted by Gasteiger charge is -2.52. The van der Waals surface area contributed by atoms with Crippen LogP contribution in [-0.2, 0) is 9.59 Å². The van der Waals surface area contributed by atoms with E-state index in [1.807, 2.05) is 26.0 Å². The van der Waals surface area contributed by atoms with Crippen molar-refractivity contribution >= 4 is 17.5 Å². The average molecular weight is 457 g/mol. The van der Waals surface area contributed by atoms with Crippen LogP contribution >= 0.6 is 0 Å². The maximum absolute atomic E-state index is 13.3. The summed E-state index contributed by atoms with van der Waals surface area (Å²) in [6.45, 7) is 4.62. The van der Waals surface area contributed by atoms with Gasteiger partial charge in [0.05, 0.1) is 0 Å². The first-order valence-electron chi connectivity index (χ1n) is 11.4. The van der Waals surface area contributed by atoms with Crippen molar-refractivity contribution in [2.75, 3.05) is 13.1 Å². The summed E-state index contributed by atoms with van der Waals surface area (Å²) in [5, 5.41) is 0. The number of nitrogens with zero attached hydrogens (tertiary/aromatic N) is 2. The lowest BCUT2D eigenvalue weighted by Crippen LogP contribution is -2.62. The predicted molar refractivity (Wildman–Crippen MR) is 126 cm³/mol. The van der Waals surface area contributed by atoms with Crippen molar-refractivity contribution in [1.82, 2.24) is 9.88 Å². The Hall–Kier alpha value is -3.67. The number of halogens is 1. The molecular formula is C28H25FN2O3. The van der Waals surface area contributed by atoms with E-state index < -0.39 is 11.3 Å². The number of aromatic nitrogens is 1. The first kappa shape index (κ1) is 22.1. The van der Waals surface area contributed by atoms with Crippen LogP contribution in [0.3, 0.4) is 0 Å². The minimum Gasteiger partial charge on any atom is -0.336 e. The van der Waals surface area contributed by atoms with Crippen LogP contribution in [-0.4, -0.2) is 40.4 Å². The quantitative estimate of drug-likeness (QED) is 0.538. The number of carbonyl (C=O) groups excluding carboxylic acids is 3. The number of rotatable bonds is 3. The van der Waals surface area contributed by atoms with Crippen molar-refractivity contribution in [3.05, 3.63) is 89.0 Å². The second-order valence-electron chi connectivity index (χ2n) is 9.63. The first-order chi connectivity index (χ1) is 16.3. The third-order valence-electron chi connectivity index (χ3n) is 7.03. The van der Waals surface area contributed by atoms with E-state index >= 15 is 0 Å². The maximum Gasteiger partial charge on any atom is 0.272 e. The van der Waals surface area contributed by atoms with Gasteiger partial charge in [-0.25, -0.2) is 4.39 Å². The monoisotopic (exact) mass is 456 g/mol. The molecule has 2 fully saturated rings. The Bertz CT molecular complexity index is 1250. The minimum atomic E-state index is -0.770. The Morgan fingerprint density at radius 3 is 2.12 bits per heavy atom.